The molecule has 1 aromatic heterocycles. The summed E-state index contributed by atoms with van der Waals surface area (Å²) in [6, 6.07) is 13.9. The van der Waals surface area contributed by atoms with E-state index >= 15 is 0 Å². The monoisotopic (exact) mass is 388 g/mol. The Morgan fingerprint density at radius 3 is 2.50 bits per heavy atom. The lowest BCUT2D eigenvalue weighted by Gasteiger charge is -1.99. The van der Waals surface area contributed by atoms with Crippen LogP contribution < -0.4 is 10.2 Å². The maximum atomic E-state index is 12.1. The van der Waals surface area contributed by atoms with Gasteiger partial charge in [0, 0.05) is 15.6 Å². The third kappa shape index (κ3) is 4.41. The van der Waals surface area contributed by atoms with E-state index in [-0.39, 0.29) is 5.69 Å². The predicted molar refractivity (Wildman–Crippen MR) is 102 cm³/mol. The lowest BCUT2D eigenvalue weighted by molar-refractivity contribution is 0.0950. The standard InChI is InChI=1S/C18H14Cl2N4O2/c1-26-15-4-2-11(3-5-15)10-21-24-18(25)17-9-16(22-23-17)12-6-13(19)8-14(20)7-12/h2-10H,1H3,(H,22,23)(H,24,25)/b21-10+. The van der Waals surface area contributed by atoms with E-state index in [1.807, 2.05) is 12.1 Å². The molecule has 2 aromatic carbocycles. The largest absolute Gasteiger partial charge is 0.497 e. The number of nitrogens with one attached hydrogen (secondary N) is 2. The molecule has 0 atom stereocenters. The molecule has 0 spiro atoms. The van der Waals surface area contributed by atoms with Crippen molar-refractivity contribution in [2.24, 2.45) is 5.10 Å². The molecule has 2 N–H and O–H groups in total. The second-order valence-corrected chi connectivity index (χ2v) is 6.17. The fourth-order valence-electron chi connectivity index (χ4n) is 2.20. The van der Waals surface area contributed by atoms with Crippen LogP contribution in [0.2, 0.25) is 10.0 Å². The average Bonchev–Trinajstić information content (AvgIpc) is 3.12. The summed E-state index contributed by atoms with van der Waals surface area (Å²) in [5.74, 6) is 0.332. The van der Waals surface area contributed by atoms with Gasteiger partial charge in [-0.2, -0.15) is 10.2 Å². The molecule has 132 valence electrons. The van der Waals surface area contributed by atoms with Crippen molar-refractivity contribution in [2.45, 2.75) is 0 Å². The van der Waals surface area contributed by atoms with Crippen molar-refractivity contribution < 1.29 is 9.53 Å². The summed E-state index contributed by atoms with van der Waals surface area (Å²) < 4.78 is 5.08. The van der Waals surface area contributed by atoms with Gasteiger partial charge in [0.05, 0.1) is 19.0 Å². The maximum absolute atomic E-state index is 12.1. The summed E-state index contributed by atoms with van der Waals surface area (Å²) in [5, 5.41) is 11.7. The van der Waals surface area contributed by atoms with E-state index in [4.69, 9.17) is 27.9 Å². The van der Waals surface area contributed by atoms with Gasteiger partial charge in [0.25, 0.3) is 5.91 Å². The van der Waals surface area contributed by atoms with Crippen LogP contribution in [0, 0.1) is 0 Å². The summed E-state index contributed by atoms with van der Waals surface area (Å²) in [6.45, 7) is 0. The van der Waals surface area contributed by atoms with E-state index in [0.29, 0.717) is 21.3 Å². The van der Waals surface area contributed by atoms with Crippen LogP contribution in [0.3, 0.4) is 0 Å². The van der Waals surface area contributed by atoms with Gasteiger partial charge in [-0.25, -0.2) is 5.43 Å². The number of hydrogen-bond donors (Lipinski definition) is 2. The number of hydrogen-bond acceptors (Lipinski definition) is 4. The second-order valence-electron chi connectivity index (χ2n) is 5.30. The molecule has 1 amide bonds. The van der Waals surface area contributed by atoms with E-state index in [2.05, 4.69) is 20.7 Å². The Kier molecular flexibility index (Phi) is 5.55. The normalized spacial score (nSPS) is 10.9. The van der Waals surface area contributed by atoms with E-state index < -0.39 is 5.91 Å². The van der Waals surface area contributed by atoms with E-state index in [0.717, 1.165) is 11.3 Å². The molecule has 3 aromatic rings. The average molecular weight is 389 g/mol. The van der Waals surface area contributed by atoms with Gasteiger partial charge >= 0.3 is 0 Å². The van der Waals surface area contributed by atoms with Gasteiger partial charge in [-0.3, -0.25) is 9.89 Å². The zero-order chi connectivity index (χ0) is 18.5. The fourth-order valence-corrected chi connectivity index (χ4v) is 2.73. The number of methoxy groups -OCH3 is 1. The quantitative estimate of drug-likeness (QED) is 0.508. The Balaban J connectivity index is 1.66. The number of aromatic nitrogens is 2. The molecular weight excluding hydrogens is 375 g/mol. The molecule has 0 radical (unpaired) electrons. The Morgan fingerprint density at radius 1 is 1.15 bits per heavy atom. The number of ether oxygens (including phenoxy) is 1. The summed E-state index contributed by atoms with van der Waals surface area (Å²) in [4.78, 5) is 12.1. The molecule has 0 fully saturated rings. The van der Waals surface area contributed by atoms with Crippen LogP contribution in [-0.4, -0.2) is 29.4 Å². The topological polar surface area (TPSA) is 79.4 Å². The van der Waals surface area contributed by atoms with Crippen LogP contribution >= 0.6 is 23.2 Å². The molecule has 0 aliphatic carbocycles. The minimum Gasteiger partial charge on any atom is -0.497 e. The summed E-state index contributed by atoms with van der Waals surface area (Å²) in [5.41, 5.74) is 4.79. The van der Waals surface area contributed by atoms with E-state index in [1.54, 1.807) is 43.5 Å². The smallest absolute Gasteiger partial charge is 0.289 e. The number of halogens is 2. The number of rotatable bonds is 5. The third-order valence-electron chi connectivity index (χ3n) is 3.48. The SMILES string of the molecule is COc1ccc(/C=N/NC(=O)c2cc(-c3cc(Cl)cc(Cl)c3)n[nH]2)cc1. The van der Waals surface area contributed by atoms with Crippen molar-refractivity contribution in [1.82, 2.24) is 15.6 Å². The molecule has 8 heteroatoms. The third-order valence-corrected chi connectivity index (χ3v) is 3.91. The Bertz CT molecular complexity index is 932. The zero-order valence-corrected chi connectivity index (χ0v) is 15.2. The van der Waals surface area contributed by atoms with Crippen molar-refractivity contribution >= 4 is 35.3 Å². The summed E-state index contributed by atoms with van der Waals surface area (Å²) in [6.07, 6.45) is 1.53. The minimum atomic E-state index is -0.415. The lowest BCUT2D eigenvalue weighted by atomic mass is 10.1. The number of hydrazone groups is 1. The van der Waals surface area contributed by atoms with Crippen molar-refractivity contribution in [3.8, 4) is 17.0 Å². The van der Waals surface area contributed by atoms with E-state index in [1.165, 1.54) is 6.21 Å². The first-order valence-electron chi connectivity index (χ1n) is 7.54. The van der Waals surface area contributed by atoms with Crippen LogP contribution in [0.4, 0.5) is 0 Å². The van der Waals surface area contributed by atoms with Gasteiger partial charge in [-0.1, -0.05) is 23.2 Å². The number of carbonyl (C=O) groups excluding carboxylic acids is 1. The Labute approximate surface area is 159 Å². The predicted octanol–water partition coefficient (Wildman–Crippen LogP) is 4.16. The number of aromatic amines is 1. The first-order chi connectivity index (χ1) is 12.5. The molecule has 3 rings (SSSR count). The molecule has 0 aliphatic heterocycles. The van der Waals surface area contributed by atoms with Crippen molar-refractivity contribution in [3.05, 3.63) is 69.8 Å². The fraction of sp³-hybridized carbons (Fsp3) is 0.0556. The molecule has 0 bridgehead atoms. The first-order valence-corrected chi connectivity index (χ1v) is 8.30. The van der Waals surface area contributed by atoms with Gasteiger partial charge < -0.3 is 4.74 Å². The molecule has 0 aliphatic rings. The molecule has 6 nitrogen and oxygen atoms in total. The summed E-state index contributed by atoms with van der Waals surface area (Å²) in [7, 11) is 1.60. The van der Waals surface area contributed by atoms with Crippen LogP contribution in [0.1, 0.15) is 16.1 Å². The maximum Gasteiger partial charge on any atom is 0.289 e. The second kappa shape index (κ2) is 8.03. The highest BCUT2D eigenvalue weighted by Gasteiger charge is 2.11. The van der Waals surface area contributed by atoms with Crippen LogP contribution in [0.15, 0.2) is 53.6 Å². The number of amides is 1. The van der Waals surface area contributed by atoms with Crippen LogP contribution in [-0.2, 0) is 0 Å². The highest BCUT2D eigenvalue weighted by molar-refractivity contribution is 6.35. The van der Waals surface area contributed by atoms with Crippen LogP contribution in [0.5, 0.6) is 5.75 Å². The number of benzene rings is 2. The molecule has 0 saturated carbocycles. The van der Waals surface area contributed by atoms with Gasteiger partial charge in [0.15, 0.2) is 0 Å². The number of carbonyl (C=O) groups is 1. The van der Waals surface area contributed by atoms with Crippen molar-refractivity contribution in [2.75, 3.05) is 7.11 Å². The number of nitrogens with zero attached hydrogens (tertiary/aromatic N) is 2. The zero-order valence-electron chi connectivity index (χ0n) is 13.7. The Morgan fingerprint density at radius 2 is 1.85 bits per heavy atom. The van der Waals surface area contributed by atoms with Crippen LogP contribution in [0.25, 0.3) is 11.3 Å². The lowest BCUT2D eigenvalue weighted by Crippen LogP contribution is -2.17. The van der Waals surface area contributed by atoms with Gasteiger partial charge in [-0.15, -0.1) is 0 Å². The molecule has 1 heterocycles. The van der Waals surface area contributed by atoms with Gasteiger partial charge in [0.1, 0.15) is 11.4 Å². The van der Waals surface area contributed by atoms with Crippen molar-refractivity contribution in [3.63, 3.8) is 0 Å². The first kappa shape index (κ1) is 18.0. The minimum absolute atomic E-state index is 0.267. The molecule has 0 saturated heterocycles. The van der Waals surface area contributed by atoms with Gasteiger partial charge in [0.2, 0.25) is 0 Å². The summed E-state index contributed by atoms with van der Waals surface area (Å²) >= 11 is 12.0. The van der Waals surface area contributed by atoms with Gasteiger partial charge in [-0.05, 0) is 54.1 Å². The highest BCUT2D eigenvalue weighted by atomic mass is 35.5. The van der Waals surface area contributed by atoms with E-state index in [9.17, 15) is 4.79 Å². The molecular formula is C18H14Cl2N4O2. The Hall–Kier alpha value is -2.83. The molecule has 26 heavy (non-hydrogen) atoms. The molecule has 0 unspecified atom stereocenters. The van der Waals surface area contributed by atoms with Crippen molar-refractivity contribution in [1.29, 1.82) is 0 Å². The number of H-pyrrole nitrogens is 1. The highest BCUT2D eigenvalue weighted by Crippen LogP contribution is 2.26.